The van der Waals surface area contributed by atoms with Gasteiger partial charge in [0.25, 0.3) is 11.8 Å². The highest BCUT2D eigenvalue weighted by Crippen LogP contribution is 2.36. The summed E-state index contributed by atoms with van der Waals surface area (Å²) in [6.07, 6.45) is 1.37. The molecule has 1 saturated heterocycles. The number of nitrogens with zero attached hydrogens (tertiary/aromatic N) is 2. The molecule has 0 unspecified atom stereocenters. The zero-order chi connectivity index (χ0) is 22.8. The highest BCUT2D eigenvalue weighted by Gasteiger charge is 2.43. The standard InChI is InChI=1S/C24H17BrN2O5/c1-32-20-14-15(13-19(25)21(20)28)12-18-22(29)26(16-8-4-2-5-9-16)24(31)27(23(18)30)17-10-6-3-7-11-17/h2-14,28H,1H3. The van der Waals surface area contributed by atoms with E-state index in [9.17, 15) is 19.5 Å². The molecular formula is C24H17BrN2O5. The maximum Gasteiger partial charge on any atom is 0.343 e. The molecule has 0 radical (unpaired) electrons. The molecule has 0 bridgehead atoms. The molecule has 4 rings (SSSR count). The summed E-state index contributed by atoms with van der Waals surface area (Å²) in [5.74, 6) is -1.44. The summed E-state index contributed by atoms with van der Waals surface area (Å²) in [4.78, 5) is 41.9. The Balaban J connectivity index is 1.88. The molecule has 1 heterocycles. The van der Waals surface area contributed by atoms with Gasteiger partial charge in [0.05, 0.1) is 23.0 Å². The van der Waals surface area contributed by atoms with Crippen LogP contribution in [0.4, 0.5) is 16.2 Å². The van der Waals surface area contributed by atoms with Gasteiger partial charge in [0.15, 0.2) is 11.5 Å². The van der Waals surface area contributed by atoms with Gasteiger partial charge in [0.2, 0.25) is 0 Å². The van der Waals surface area contributed by atoms with Gasteiger partial charge in [-0.15, -0.1) is 0 Å². The molecule has 1 aliphatic rings. The van der Waals surface area contributed by atoms with Crippen LogP contribution in [0.25, 0.3) is 6.08 Å². The summed E-state index contributed by atoms with van der Waals surface area (Å²) in [7, 11) is 1.39. The van der Waals surface area contributed by atoms with E-state index in [1.807, 2.05) is 0 Å². The van der Waals surface area contributed by atoms with Gasteiger partial charge < -0.3 is 9.84 Å². The maximum absolute atomic E-state index is 13.3. The van der Waals surface area contributed by atoms with E-state index in [1.165, 1.54) is 19.3 Å². The van der Waals surface area contributed by atoms with Crippen molar-refractivity contribution in [1.29, 1.82) is 0 Å². The van der Waals surface area contributed by atoms with E-state index in [2.05, 4.69) is 15.9 Å². The summed E-state index contributed by atoms with van der Waals surface area (Å²) in [6.45, 7) is 0. The van der Waals surface area contributed by atoms with Crippen molar-refractivity contribution in [3.05, 3.63) is 88.4 Å². The van der Waals surface area contributed by atoms with E-state index >= 15 is 0 Å². The molecule has 1 fully saturated rings. The number of anilines is 2. The first kappa shape index (κ1) is 21.3. The Hall–Kier alpha value is -3.91. The second-order valence-electron chi connectivity index (χ2n) is 6.85. The molecule has 3 aromatic rings. The number of para-hydroxylation sites is 2. The quantitative estimate of drug-likeness (QED) is 0.419. The number of benzene rings is 3. The van der Waals surface area contributed by atoms with Crippen LogP contribution < -0.4 is 14.5 Å². The van der Waals surface area contributed by atoms with Crippen molar-refractivity contribution in [3.8, 4) is 11.5 Å². The van der Waals surface area contributed by atoms with Crippen LogP contribution in [-0.2, 0) is 9.59 Å². The minimum Gasteiger partial charge on any atom is -0.503 e. The molecule has 0 atom stereocenters. The van der Waals surface area contributed by atoms with Crippen LogP contribution in [0.15, 0.2) is 82.8 Å². The first-order valence-corrected chi connectivity index (χ1v) is 10.3. The van der Waals surface area contributed by atoms with Crippen LogP contribution in [0.3, 0.4) is 0 Å². The Bertz CT molecular complexity index is 1180. The lowest BCUT2D eigenvalue weighted by molar-refractivity contribution is -0.121. The lowest BCUT2D eigenvalue weighted by Gasteiger charge is -2.33. The lowest BCUT2D eigenvalue weighted by atomic mass is 10.0. The van der Waals surface area contributed by atoms with Crippen LogP contribution in [0.1, 0.15) is 5.56 Å². The molecule has 7 nitrogen and oxygen atoms in total. The smallest absolute Gasteiger partial charge is 0.343 e. The van der Waals surface area contributed by atoms with Gasteiger partial charge in [-0.05, 0) is 64.0 Å². The molecule has 160 valence electrons. The molecule has 0 aromatic heterocycles. The summed E-state index contributed by atoms with van der Waals surface area (Å²) in [5, 5.41) is 10.1. The van der Waals surface area contributed by atoms with E-state index in [0.717, 1.165) is 9.80 Å². The molecule has 0 saturated carbocycles. The second-order valence-corrected chi connectivity index (χ2v) is 7.70. The van der Waals surface area contributed by atoms with E-state index in [4.69, 9.17) is 4.74 Å². The van der Waals surface area contributed by atoms with Gasteiger partial charge >= 0.3 is 6.03 Å². The average Bonchev–Trinajstić information content (AvgIpc) is 2.80. The number of barbiturate groups is 1. The van der Waals surface area contributed by atoms with Crippen molar-refractivity contribution in [2.24, 2.45) is 0 Å². The Morgan fingerprint density at radius 1 is 0.844 bits per heavy atom. The van der Waals surface area contributed by atoms with Crippen LogP contribution in [-0.4, -0.2) is 30.1 Å². The Morgan fingerprint density at radius 3 is 1.81 bits per heavy atom. The first-order valence-electron chi connectivity index (χ1n) is 9.53. The van der Waals surface area contributed by atoms with Gasteiger partial charge in [-0.25, -0.2) is 14.6 Å². The third kappa shape index (κ3) is 3.76. The number of urea groups is 1. The third-order valence-electron chi connectivity index (χ3n) is 4.86. The largest absolute Gasteiger partial charge is 0.503 e. The number of amides is 4. The van der Waals surface area contributed by atoms with Crippen LogP contribution >= 0.6 is 15.9 Å². The number of carbonyl (C=O) groups excluding carboxylic acids is 3. The monoisotopic (exact) mass is 492 g/mol. The number of methoxy groups -OCH3 is 1. The number of rotatable bonds is 4. The van der Waals surface area contributed by atoms with Gasteiger partial charge in [-0.2, -0.15) is 0 Å². The molecule has 1 N–H and O–H groups in total. The van der Waals surface area contributed by atoms with Crippen LogP contribution in [0.2, 0.25) is 0 Å². The van der Waals surface area contributed by atoms with Crippen LogP contribution in [0.5, 0.6) is 11.5 Å². The summed E-state index contributed by atoms with van der Waals surface area (Å²) in [5.41, 5.74) is 0.896. The second kappa shape index (κ2) is 8.68. The van der Waals surface area contributed by atoms with Crippen molar-refractivity contribution in [2.45, 2.75) is 0 Å². The van der Waals surface area contributed by atoms with Gasteiger partial charge in [-0.1, -0.05) is 36.4 Å². The fourth-order valence-electron chi connectivity index (χ4n) is 3.34. The zero-order valence-electron chi connectivity index (χ0n) is 16.9. The first-order chi connectivity index (χ1) is 15.4. The number of phenols is 1. The number of carbonyl (C=O) groups is 3. The zero-order valence-corrected chi connectivity index (χ0v) is 18.4. The summed E-state index contributed by atoms with van der Waals surface area (Å²) >= 11 is 3.24. The van der Waals surface area contributed by atoms with E-state index < -0.39 is 17.8 Å². The maximum atomic E-state index is 13.3. The highest BCUT2D eigenvalue weighted by atomic mass is 79.9. The Morgan fingerprint density at radius 2 is 1.34 bits per heavy atom. The summed E-state index contributed by atoms with van der Waals surface area (Å²) < 4.78 is 5.48. The predicted molar refractivity (Wildman–Crippen MR) is 124 cm³/mol. The third-order valence-corrected chi connectivity index (χ3v) is 5.46. The predicted octanol–water partition coefficient (Wildman–Crippen LogP) is 4.75. The number of phenolic OH excluding ortho intramolecular Hbond substituents is 1. The Kier molecular flexibility index (Phi) is 5.79. The van der Waals surface area contributed by atoms with Crippen molar-refractivity contribution < 1.29 is 24.2 Å². The van der Waals surface area contributed by atoms with Crippen molar-refractivity contribution in [1.82, 2.24) is 0 Å². The van der Waals surface area contributed by atoms with Crippen LogP contribution in [0, 0.1) is 0 Å². The molecule has 32 heavy (non-hydrogen) atoms. The SMILES string of the molecule is COc1cc(C=C2C(=O)N(c3ccccc3)C(=O)N(c3ccccc3)C2=O)cc(Br)c1O. The minimum absolute atomic E-state index is 0.108. The average molecular weight is 493 g/mol. The summed E-state index contributed by atoms with van der Waals surface area (Å²) in [6, 6.07) is 19.1. The van der Waals surface area contributed by atoms with E-state index in [0.29, 0.717) is 21.4 Å². The Labute approximate surface area is 192 Å². The lowest BCUT2D eigenvalue weighted by Crippen LogP contribution is -2.57. The minimum atomic E-state index is -0.765. The van der Waals surface area contributed by atoms with Crippen molar-refractivity contribution >= 4 is 51.2 Å². The number of ether oxygens (including phenoxy) is 1. The van der Waals surface area contributed by atoms with Crippen molar-refractivity contribution in [2.75, 3.05) is 16.9 Å². The number of hydrogen-bond acceptors (Lipinski definition) is 5. The van der Waals surface area contributed by atoms with Gasteiger partial charge in [-0.3, -0.25) is 9.59 Å². The van der Waals surface area contributed by atoms with Crippen molar-refractivity contribution in [3.63, 3.8) is 0 Å². The molecule has 4 amide bonds. The molecule has 0 aliphatic carbocycles. The molecule has 1 aliphatic heterocycles. The molecule has 0 spiro atoms. The highest BCUT2D eigenvalue weighted by molar-refractivity contribution is 9.10. The fraction of sp³-hybridized carbons (Fsp3) is 0.0417. The number of halogens is 1. The molecule has 3 aromatic carbocycles. The van der Waals surface area contributed by atoms with Gasteiger partial charge in [0, 0.05) is 0 Å². The number of imide groups is 2. The molecular weight excluding hydrogens is 476 g/mol. The van der Waals surface area contributed by atoms with Gasteiger partial charge in [0.1, 0.15) is 5.57 Å². The number of aromatic hydroxyl groups is 1. The normalized spacial score (nSPS) is 14.1. The number of hydrogen-bond donors (Lipinski definition) is 1. The fourth-order valence-corrected chi connectivity index (χ4v) is 3.80. The van der Waals surface area contributed by atoms with E-state index in [-0.39, 0.29) is 17.1 Å². The topological polar surface area (TPSA) is 87.2 Å². The molecule has 8 heteroatoms. The van der Waals surface area contributed by atoms with E-state index in [1.54, 1.807) is 66.7 Å².